The second-order valence-electron chi connectivity index (χ2n) is 10.9. The van der Waals surface area contributed by atoms with Crippen molar-refractivity contribution >= 4 is 28.7 Å². The fourth-order valence-corrected chi connectivity index (χ4v) is 5.36. The Morgan fingerprint density at radius 1 is 0.977 bits per heavy atom. The van der Waals surface area contributed by atoms with E-state index in [1.54, 1.807) is 31.5 Å². The van der Waals surface area contributed by atoms with Crippen LogP contribution in [0.25, 0.3) is 22.3 Å². The first kappa shape index (κ1) is 30.8. The lowest BCUT2D eigenvalue weighted by Crippen LogP contribution is -2.21. The van der Waals surface area contributed by atoms with Gasteiger partial charge in [-0.2, -0.15) is 9.78 Å². The first-order chi connectivity index (χ1) is 21.2. The topological polar surface area (TPSA) is 74.9 Å². The normalized spacial score (nSPS) is 11.5. The summed E-state index contributed by atoms with van der Waals surface area (Å²) in [5.41, 5.74) is 5.72. The maximum Gasteiger partial charge on any atom is 0.282 e. The van der Waals surface area contributed by atoms with Crippen molar-refractivity contribution in [1.82, 2.24) is 9.66 Å². The van der Waals surface area contributed by atoms with Crippen LogP contribution in [0.15, 0.2) is 82.7 Å². The molecule has 0 radical (unpaired) electrons. The number of methoxy groups -OCH3 is 1. The molecule has 0 bridgehead atoms. The molecule has 0 amide bonds. The summed E-state index contributed by atoms with van der Waals surface area (Å²) in [6.45, 7) is 11.1. The van der Waals surface area contributed by atoms with Gasteiger partial charge in [-0.25, -0.2) is 4.98 Å². The molecule has 5 rings (SSSR count). The van der Waals surface area contributed by atoms with Crippen LogP contribution in [0.5, 0.6) is 17.2 Å². The van der Waals surface area contributed by atoms with Gasteiger partial charge in [0.25, 0.3) is 5.56 Å². The summed E-state index contributed by atoms with van der Waals surface area (Å²) < 4.78 is 19.2. The van der Waals surface area contributed by atoms with Crippen LogP contribution >= 0.6 is 11.6 Å². The van der Waals surface area contributed by atoms with Gasteiger partial charge in [-0.05, 0) is 73.7 Å². The van der Waals surface area contributed by atoms with E-state index in [0.717, 1.165) is 33.6 Å². The Kier molecular flexibility index (Phi) is 9.35. The lowest BCUT2D eigenvalue weighted by atomic mass is 9.96. The molecule has 0 aliphatic heterocycles. The average Bonchev–Trinajstić information content (AvgIpc) is 3.00. The highest BCUT2D eigenvalue weighted by atomic mass is 35.5. The molecule has 0 aliphatic carbocycles. The maximum atomic E-state index is 14.0. The van der Waals surface area contributed by atoms with E-state index in [2.05, 4.69) is 19.9 Å². The molecule has 8 heteroatoms. The van der Waals surface area contributed by atoms with Crippen LogP contribution < -0.4 is 19.8 Å². The molecule has 0 fully saturated rings. The van der Waals surface area contributed by atoms with Crippen molar-refractivity contribution in [2.75, 3.05) is 13.7 Å². The van der Waals surface area contributed by atoms with E-state index < -0.39 is 0 Å². The molecule has 0 aliphatic rings. The zero-order valence-corrected chi connectivity index (χ0v) is 26.6. The molecule has 0 N–H and O–H groups in total. The number of benzene rings is 4. The number of halogens is 1. The molecule has 4 aromatic carbocycles. The Hall–Kier alpha value is -4.62. The second-order valence-corrected chi connectivity index (χ2v) is 11.3. The molecule has 0 saturated heterocycles. The first-order valence-electron chi connectivity index (χ1n) is 14.6. The number of hydrogen-bond acceptors (Lipinski definition) is 6. The summed E-state index contributed by atoms with van der Waals surface area (Å²) in [6.07, 6.45) is 1.56. The minimum absolute atomic E-state index is 0.187. The third-order valence-electron chi connectivity index (χ3n) is 7.32. The maximum absolute atomic E-state index is 14.0. The fraction of sp³-hybridized carbons (Fsp3) is 0.250. The Labute approximate surface area is 262 Å². The van der Waals surface area contributed by atoms with Crippen LogP contribution in [0.4, 0.5) is 0 Å². The van der Waals surface area contributed by atoms with E-state index in [-0.39, 0.29) is 11.5 Å². The second kappa shape index (κ2) is 13.3. The highest BCUT2D eigenvalue weighted by Crippen LogP contribution is 2.36. The fourth-order valence-electron chi connectivity index (χ4n) is 5.14. The van der Waals surface area contributed by atoms with Crippen LogP contribution in [-0.2, 0) is 6.61 Å². The zero-order valence-electron chi connectivity index (χ0n) is 25.8. The van der Waals surface area contributed by atoms with Crippen molar-refractivity contribution in [1.29, 1.82) is 0 Å². The molecule has 1 aromatic heterocycles. The highest BCUT2D eigenvalue weighted by molar-refractivity contribution is 6.31. The Bertz CT molecular complexity index is 1910. The third kappa shape index (κ3) is 6.48. The van der Waals surface area contributed by atoms with Crippen molar-refractivity contribution < 1.29 is 14.2 Å². The van der Waals surface area contributed by atoms with Crippen LogP contribution in [0.3, 0.4) is 0 Å². The van der Waals surface area contributed by atoms with Crippen LogP contribution in [0, 0.1) is 13.8 Å². The first-order valence-corrected chi connectivity index (χ1v) is 15.0. The smallest absolute Gasteiger partial charge is 0.282 e. The number of nitrogens with zero attached hydrogens (tertiary/aromatic N) is 3. The summed E-state index contributed by atoms with van der Waals surface area (Å²) >= 11 is 6.48. The molecule has 1 heterocycles. The van der Waals surface area contributed by atoms with E-state index in [1.165, 1.54) is 4.68 Å². The Morgan fingerprint density at radius 2 is 1.77 bits per heavy atom. The Morgan fingerprint density at radius 3 is 2.50 bits per heavy atom. The number of ether oxygens (including phenoxy) is 3. The summed E-state index contributed by atoms with van der Waals surface area (Å²) in [5, 5.41) is 5.62. The monoisotopic (exact) mass is 609 g/mol. The minimum Gasteiger partial charge on any atom is -0.494 e. The van der Waals surface area contributed by atoms with Crippen LogP contribution in [-0.4, -0.2) is 29.6 Å². The van der Waals surface area contributed by atoms with E-state index in [0.29, 0.717) is 52.0 Å². The average molecular weight is 610 g/mol. The lowest BCUT2D eigenvalue weighted by Gasteiger charge is -2.18. The van der Waals surface area contributed by atoms with Crippen LogP contribution in [0.1, 0.15) is 54.5 Å². The highest BCUT2D eigenvalue weighted by Gasteiger charge is 2.19. The largest absolute Gasteiger partial charge is 0.494 e. The minimum atomic E-state index is -0.294. The van der Waals surface area contributed by atoms with Gasteiger partial charge in [-0.3, -0.25) is 4.79 Å². The molecule has 7 nitrogen and oxygen atoms in total. The van der Waals surface area contributed by atoms with E-state index >= 15 is 0 Å². The number of fused-ring (bicyclic) bond motifs is 1. The van der Waals surface area contributed by atoms with Gasteiger partial charge < -0.3 is 14.2 Å². The number of aryl methyl sites for hydroxylation is 2. The zero-order chi connectivity index (χ0) is 31.4. The van der Waals surface area contributed by atoms with Crippen molar-refractivity contribution in [2.45, 2.75) is 47.1 Å². The molecular weight excluding hydrogens is 574 g/mol. The van der Waals surface area contributed by atoms with Gasteiger partial charge in [0.15, 0.2) is 17.3 Å². The van der Waals surface area contributed by atoms with Crippen molar-refractivity contribution in [3.8, 4) is 28.6 Å². The standard InChI is InChI=1S/C36H36ClN3O4/c1-7-43-32-16-24(5)30(19-29(32)22(2)3)35-39-31-14-9-8-13-28(31)36(41)40(35)38-20-26-17-27(37)18-33(42-6)34(26)44-21-25-12-10-11-23(4)15-25/h8-20,22H,7,21H2,1-6H3. The number of aromatic nitrogens is 2. The molecular formula is C36H36ClN3O4. The predicted molar refractivity (Wildman–Crippen MR) is 178 cm³/mol. The van der Waals surface area contributed by atoms with E-state index in [1.807, 2.05) is 69.3 Å². The van der Waals surface area contributed by atoms with Gasteiger partial charge in [0.05, 0.1) is 30.8 Å². The molecule has 0 spiro atoms. The lowest BCUT2D eigenvalue weighted by molar-refractivity contribution is 0.284. The summed E-state index contributed by atoms with van der Waals surface area (Å²) in [6, 6.07) is 22.8. The van der Waals surface area contributed by atoms with Gasteiger partial charge in [0.1, 0.15) is 12.4 Å². The van der Waals surface area contributed by atoms with E-state index in [4.69, 9.17) is 35.9 Å². The molecule has 44 heavy (non-hydrogen) atoms. The van der Waals surface area contributed by atoms with Gasteiger partial charge >= 0.3 is 0 Å². The quantitative estimate of drug-likeness (QED) is 0.149. The van der Waals surface area contributed by atoms with Crippen molar-refractivity contribution in [3.05, 3.63) is 116 Å². The molecule has 0 saturated carbocycles. The van der Waals surface area contributed by atoms with E-state index in [9.17, 15) is 4.79 Å². The third-order valence-corrected chi connectivity index (χ3v) is 7.54. The number of rotatable bonds is 10. The number of para-hydroxylation sites is 1. The number of hydrogen-bond donors (Lipinski definition) is 0. The summed E-state index contributed by atoms with van der Waals surface area (Å²) in [5.74, 6) is 2.35. The van der Waals surface area contributed by atoms with Gasteiger partial charge in [0, 0.05) is 22.2 Å². The summed E-state index contributed by atoms with van der Waals surface area (Å²) in [7, 11) is 1.56. The Balaban J connectivity index is 1.67. The van der Waals surface area contributed by atoms with Crippen molar-refractivity contribution in [2.24, 2.45) is 5.10 Å². The van der Waals surface area contributed by atoms with Gasteiger partial charge in [0.2, 0.25) is 0 Å². The molecule has 5 aromatic rings. The molecule has 0 unspecified atom stereocenters. The SMILES string of the molecule is CCOc1cc(C)c(-c2nc3ccccc3c(=O)n2N=Cc2cc(Cl)cc(OC)c2OCc2cccc(C)c2)cc1C(C)C. The van der Waals surface area contributed by atoms with Crippen LogP contribution in [0.2, 0.25) is 5.02 Å². The van der Waals surface area contributed by atoms with Gasteiger partial charge in [-0.15, -0.1) is 0 Å². The van der Waals surface area contributed by atoms with Crippen molar-refractivity contribution in [3.63, 3.8) is 0 Å². The summed E-state index contributed by atoms with van der Waals surface area (Å²) in [4.78, 5) is 18.9. The molecule has 226 valence electrons. The van der Waals surface area contributed by atoms with Gasteiger partial charge in [-0.1, -0.05) is 67.4 Å². The predicted octanol–water partition coefficient (Wildman–Crippen LogP) is 8.33. The molecule has 0 atom stereocenters.